The van der Waals surface area contributed by atoms with Crippen molar-refractivity contribution in [2.24, 2.45) is 0 Å². The highest BCUT2D eigenvalue weighted by Gasteiger charge is 2.18. The molecule has 0 atom stereocenters. The fourth-order valence-corrected chi connectivity index (χ4v) is 8.95. The number of para-hydroxylation sites is 2. The van der Waals surface area contributed by atoms with Gasteiger partial charge in [0.1, 0.15) is 11.2 Å². The molecule has 0 fully saturated rings. The summed E-state index contributed by atoms with van der Waals surface area (Å²) in [5.41, 5.74) is 15.0. The maximum absolute atomic E-state index is 6.18. The minimum absolute atomic E-state index is 0.631. The quantitative estimate of drug-likeness (QED) is 0.161. The van der Waals surface area contributed by atoms with Crippen molar-refractivity contribution in [1.29, 1.82) is 0 Å². The number of fused-ring (bicyclic) bond motifs is 6. The van der Waals surface area contributed by atoms with Crippen molar-refractivity contribution in [3.63, 3.8) is 0 Å². The van der Waals surface area contributed by atoms with E-state index in [1.165, 1.54) is 33.0 Å². The molecule has 62 heavy (non-hydrogen) atoms. The van der Waals surface area contributed by atoms with Gasteiger partial charge in [-0.05, 0) is 94.0 Å². The number of furan rings is 1. The van der Waals surface area contributed by atoms with Crippen molar-refractivity contribution < 1.29 is 4.42 Å². The molecule has 9 aromatic carbocycles. The maximum Gasteiger partial charge on any atom is 0.164 e. The van der Waals surface area contributed by atoms with Crippen LogP contribution >= 0.6 is 0 Å². The molecule has 0 unspecified atom stereocenters. The molecule has 0 aliphatic rings. The van der Waals surface area contributed by atoms with Crippen molar-refractivity contribution in [1.82, 2.24) is 19.5 Å². The minimum Gasteiger partial charge on any atom is -0.456 e. The molecule has 0 aliphatic heterocycles. The predicted octanol–water partition coefficient (Wildman–Crippen LogP) is 14.9. The van der Waals surface area contributed by atoms with Crippen molar-refractivity contribution >= 4 is 43.7 Å². The van der Waals surface area contributed by atoms with Gasteiger partial charge in [-0.1, -0.05) is 158 Å². The standard InChI is InChI=1S/C57H36N4O/c1-3-15-37(16-4-1)55-58-56(38-17-5-2-6-18-38)60-57(59-55)39-27-31-42(32-28-39)61-51-25-13-11-23-47(51)49-35-40(29-33-52(49)61)43-19-7-9-21-45(43)46-22-10-8-20-44(46)41-30-34-54-50(36-41)48-24-12-14-26-53(48)62-54/h1-36H. The van der Waals surface area contributed by atoms with Crippen LogP contribution in [-0.4, -0.2) is 19.5 Å². The van der Waals surface area contributed by atoms with Crippen LogP contribution in [0, 0.1) is 0 Å². The normalized spacial score (nSPS) is 11.5. The van der Waals surface area contributed by atoms with Gasteiger partial charge < -0.3 is 8.98 Å². The lowest BCUT2D eigenvalue weighted by Crippen LogP contribution is -2.00. The number of hydrogen-bond acceptors (Lipinski definition) is 4. The van der Waals surface area contributed by atoms with Crippen LogP contribution in [0.3, 0.4) is 0 Å². The molecule has 12 rings (SSSR count). The van der Waals surface area contributed by atoms with Gasteiger partial charge in [-0.15, -0.1) is 0 Å². The third-order valence-electron chi connectivity index (χ3n) is 11.9. The Morgan fingerprint density at radius 1 is 0.290 bits per heavy atom. The zero-order valence-electron chi connectivity index (χ0n) is 33.5. The Balaban J connectivity index is 0.944. The van der Waals surface area contributed by atoms with Gasteiger partial charge in [0.25, 0.3) is 0 Å². The molecule has 3 aromatic heterocycles. The van der Waals surface area contributed by atoms with Gasteiger partial charge in [0.2, 0.25) is 0 Å². The first-order valence-electron chi connectivity index (χ1n) is 20.8. The smallest absolute Gasteiger partial charge is 0.164 e. The van der Waals surface area contributed by atoms with E-state index in [1.807, 2.05) is 72.8 Å². The molecule has 0 N–H and O–H groups in total. The first kappa shape index (κ1) is 35.5. The Morgan fingerprint density at radius 2 is 0.726 bits per heavy atom. The Bertz CT molecular complexity index is 3570. The number of rotatable bonds is 7. The van der Waals surface area contributed by atoms with Crippen LogP contribution in [-0.2, 0) is 0 Å². The summed E-state index contributed by atoms with van der Waals surface area (Å²) in [6.45, 7) is 0. The number of benzene rings is 9. The van der Waals surface area contributed by atoms with Gasteiger partial charge >= 0.3 is 0 Å². The number of nitrogens with zero attached hydrogens (tertiary/aromatic N) is 4. The summed E-state index contributed by atoms with van der Waals surface area (Å²) in [6.07, 6.45) is 0. The highest BCUT2D eigenvalue weighted by atomic mass is 16.3. The summed E-state index contributed by atoms with van der Waals surface area (Å²) in [4.78, 5) is 14.8. The van der Waals surface area contributed by atoms with Crippen LogP contribution in [0.15, 0.2) is 223 Å². The molecule has 12 aromatic rings. The minimum atomic E-state index is 0.631. The van der Waals surface area contributed by atoms with Crippen LogP contribution in [0.5, 0.6) is 0 Å². The summed E-state index contributed by atoms with van der Waals surface area (Å²) in [6, 6.07) is 76.6. The van der Waals surface area contributed by atoms with Crippen LogP contribution < -0.4 is 0 Å². The van der Waals surface area contributed by atoms with Crippen molar-refractivity contribution in [3.8, 4) is 73.2 Å². The Kier molecular flexibility index (Phi) is 8.42. The van der Waals surface area contributed by atoms with Gasteiger partial charge in [0.05, 0.1) is 11.0 Å². The Hall–Kier alpha value is -8.41. The molecule has 0 spiro atoms. The lowest BCUT2D eigenvalue weighted by Gasteiger charge is -2.15. The van der Waals surface area contributed by atoms with E-state index < -0.39 is 0 Å². The molecule has 0 radical (unpaired) electrons. The number of hydrogen-bond donors (Lipinski definition) is 0. The molecule has 290 valence electrons. The van der Waals surface area contributed by atoms with Crippen LogP contribution in [0.4, 0.5) is 0 Å². The van der Waals surface area contributed by atoms with Gasteiger partial charge in [0, 0.05) is 43.9 Å². The highest BCUT2D eigenvalue weighted by Crippen LogP contribution is 2.42. The van der Waals surface area contributed by atoms with Gasteiger partial charge in [-0.2, -0.15) is 0 Å². The second-order valence-electron chi connectivity index (χ2n) is 15.6. The van der Waals surface area contributed by atoms with E-state index in [2.05, 4.69) is 150 Å². The van der Waals surface area contributed by atoms with Crippen molar-refractivity contribution in [2.45, 2.75) is 0 Å². The average Bonchev–Trinajstić information content (AvgIpc) is 3.89. The lowest BCUT2D eigenvalue weighted by molar-refractivity contribution is 0.669. The molecular formula is C57H36N4O. The Labute approximate surface area is 357 Å². The van der Waals surface area contributed by atoms with E-state index in [0.717, 1.165) is 66.5 Å². The van der Waals surface area contributed by atoms with E-state index in [9.17, 15) is 0 Å². The van der Waals surface area contributed by atoms with E-state index in [1.54, 1.807) is 0 Å². The monoisotopic (exact) mass is 792 g/mol. The first-order valence-corrected chi connectivity index (χ1v) is 20.8. The molecule has 5 heteroatoms. The molecule has 5 nitrogen and oxygen atoms in total. The second kappa shape index (κ2) is 14.7. The molecule has 3 heterocycles. The maximum atomic E-state index is 6.18. The highest BCUT2D eigenvalue weighted by molar-refractivity contribution is 6.11. The molecule has 0 amide bonds. The van der Waals surface area contributed by atoms with Crippen LogP contribution in [0.25, 0.3) is 117 Å². The zero-order chi connectivity index (χ0) is 41.0. The fourth-order valence-electron chi connectivity index (χ4n) is 8.95. The first-order chi connectivity index (χ1) is 30.7. The van der Waals surface area contributed by atoms with E-state index in [4.69, 9.17) is 19.4 Å². The van der Waals surface area contributed by atoms with Crippen LogP contribution in [0.1, 0.15) is 0 Å². The van der Waals surface area contributed by atoms with Crippen molar-refractivity contribution in [2.75, 3.05) is 0 Å². The zero-order valence-corrected chi connectivity index (χ0v) is 33.5. The molecule has 0 bridgehead atoms. The summed E-state index contributed by atoms with van der Waals surface area (Å²) in [5.74, 6) is 1.92. The van der Waals surface area contributed by atoms with Gasteiger partial charge in [0.15, 0.2) is 17.5 Å². The fraction of sp³-hybridized carbons (Fsp3) is 0. The largest absolute Gasteiger partial charge is 0.456 e. The third kappa shape index (κ3) is 6.06. The molecule has 0 aliphatic carbocycles. The SMILES string of the molecule is c1ccc(-c2nc(-c3ccccc3)nc(-c3ccc(-n4c5ccccc5c5cc(-c6ccccc6-c6ccccc6-c6ccc7oc8ccccc8c7c6)ccc54)cc3)n2)cc1. The summed E-state index contributed by atoms with van der Waals surface area (Å²) >= 11 is 0. The predicted molar refractivity (Wildman–Crippen MR) is 254 cm³/mol. The molecule has 0 saturated heterocycles. The number of aromatic nitrogens is 4. The summed E-state index contributed by atoms with van der Waals surface area (Å²) in [7, 11) is 0. The summed E-state index contributed by atoms with van der Waals surface area (Å²) < 4.78 is 8.54. The van der Waals surface area contributed by atoms with E-state index in [0.29, 0.717) is 17.5 Å². The lowest BCUT2D eigenvalue weighted by atomic mass is 9.89. The van der Waals surface area contributed by atoms with E-state index >= 15 is 0 Å². The van der Waals surface area contributed by atoms with Gasteiger partial charge in [-0.3, -0.25) is 0 Å². The molecular weight excluding hydrogens is 757 g/mol. The topological polar surface area (TPSA) is 56.7 Å². The third-order valence-corrected chi connectivity index (χ3v) is 11.9. The molecule has 0 saturated carbocycles. The average molecular weight is 793 g/mol. The Morgan fingerprint density at radius 3 is 1.35 bits per heavy atom. The van der Waals surface area contributed by atoms with Crippen LogP contribution in [0.2, 0.25) is 0 Å². The van der Waals surface area contributed by atoms with Crippen molar-refractivity contribution in [3.05, 3.63) is 218 Å². The summed E-state index contributed by atoms with van der Waals surface area (Å²) in [5, 5.41) is 4.64. The van der Waals surface area contributed by atoms with E-state index in [-0.39, 0.29) is 0 Å². The van der Waals surface area contributed by atoms with Gasteiger partial charge in [-0.25, -0.2) is 15.0 Å². The second-order valence-corrected chi connectivity index (χ2v) is 15.6.